The number of carbonyl (C=O) groups is 1. The fourth-order valence-electron chi connectivity index (χ4n) is 3.85. The molecule has 4 nitrogen and oxygen atoms in total. The van der Waals surface area contributed by atoms with Crippen molar-refractivity contribution in [3.63, 3.8) is 0 Å². The summed E-state index contributed by atoms with van der Waals surface area (Å²) < 4.78 is 18.6. The van der Waals surface area contributed by atoms with Gasteiger partial charge in [0, 0.05) is 6.42 Å². The fourth-order valence-corrected chi connectivity index (χ4v) is 6.85. The molecule has 0 aliphatic carbocycles. The quantitative estimate of drug-likeness (QED) is 0.0894. The van der Waals surface area contributed by atoms with Gasteiger partial charge in [0.15, 0.2) is 16.6 Å². The third-order valence-corrected chi connectivity index (χ3v) is 8.04. The van der Waals surface area contributed by atoms with Gasteiger partial charge in [-0.15, -0.1) is 0 Å². The van der Waals surface area contributed by atoms with Crippen LogP contribution in [0.5, 0.6) is 0 Å². The maximum absolute atomic E-state index is 11.9. The molecule has 0 saturated heterocycles. The Morgan fingerprint density at radius 3 is 1.41 bits per heavy atom. The molecule has 0 aromatic rings. The summed E-state index contributed by atoms with van der Waals surface area (Å²) in [4.78, 5) is 11.9. The minimum atomic E-state index is -1.76. The zero-order chi connectivity index (χ0) is 26.3. The van der Waals surface area contributed by atoms with Gasteiger partial charge in [-0.25, -0.2) is 0 Å². The predicted molar refractivity (Wildman–Crippen MR) is 156 cm³/mol. The van der Waals surface area contributed by atoms with Gasteiger partial charge in [-0.3, -0.25) is 4.79 Å². The summed E-state index contributed by atoms with van der Waals surface area (Å²) >= 11 is 0. The lowest BCUT2D eigenvalue weighted by Gasteiger charge is -2.27. The highest BCUT2D eigenvalue weighted by Gasteiger charge is 2.22. The molecule has 7 heteroatoms. The number of hydrogen-bond acceptors (Lipinski definition) is 4. The third-order valence-electron chi connectivity index (χ3n) is 5.18. The summed E-state index contributed by atoms with van der Waals surface area (Å²) in [5.41, 5.74) is 0. The Morgan fingerprint density at radius 1 is 0.618 bits per heavy atom. The molecule has 0 unspecified atom stereocenters. The second kappa shape index (κ2) is 17.3. The molecule has 0 rings (SSSR count). The predicted octanol–water partition coefficient (Wildman–Crippen LogP) is 9.06. The number of unbranched alkanes of at least 4 members (excludes halogenated alkanes) is 7. The van der Waals surface area contributed by atoms with Crippen molar-refractivity contribution in [2.24, 2.45) is 0 Å². The summed E-state index contributed by atoms with van der Waals surface area (Å²) in [7, 11) is -4.99. The average Bonchev–Trinajstić information content (AvgIpc) is 2.64. The van der Waals surface area contributed by atoms with Crippen molar-refractivity contribution in [3.8, 4) is 0 Å². The minimum absolute atomic E-state index is 0.0230. The van der Waals surface area contributed by atoms with Crippen LogP contribution in [0.4, 0.5) is 0 Å². The number of hydrogen-bond donors (Lipinski definition) is 0. The first kappa shape index (κ1) is 33.8. The molecule has 0 heterocycles. The maximum Gasteiger partial charge on any atom is 0.292 e. The molecule has 0 fully saturated rings. The van der Waals surface area contributed by atoms with E-state index in [-0.39, 0.29) is 18.2 Å². The van der Waals surface area contributed by atoms with E-state index in [1.165, 1.54) is 32.1 Å². The second-order valence-electron chi connectivity index (χ2n) is 12.7. The maximum atomic E-state index is 11.9. The van der Waals surface area contributed by atoms with Crippen molar-refractivity contribution < 1.29 is 18.1 Å². The smallest absolute Gasteiger partial charge is 0.292 e. The van der Waals surface area contributed by atoms with Gasteiger partial charge in [0.05, 0.1) is 12.2 Å². The molecule has 0 radical (unpaired) electrons. The summed E-state index contributed by atoms with van der Waals surface area (Å²) in [6.07, 6.45) is 18.4. The van der Waals surface area contributed by atoms with Gasteiger partial charge in [0.2, 0.25) is 8.32 Å². The van der Waals surface area contributed by atoms with E-state index in [0.717, 1.165) is 38.5 Å². The van der Waals surface area contributed by atoms with Crippen LogP contribution in [0.2, 0.25) is 58.9 Å². The Balaban J connectivity index is 4.70. The lowest BCUT2D eigenvalue weighted by atomic mass is 10.1. The highest BCUT2D eigenvalue weighted by Crippen LogP contribution is 2.20. The molecule has 0 aromatic heterocycles. The van der Waals surface area contributed by atoms with Crippen LogP contribution in [-0.2, 0) is 18.1 Å². The van der Waals surface area contributed by atoms with Crippen LogP contribution in [0.25, 0.3) is 0 Å². The zero-order valence-electron chi connectivity index (χ0n) is 24.4. The van der Waals surface area contributed by atoms with E-state index < -0.39 is 25.0 Å². The average molecular weight is 531 g/mol. The lowest BCUT2D eigenvalue weighted by molar-refractivity contribution is -0.135. The molecule has 2 atom stereocenters. The first-order valence-corrected chi connectivity index (χ1v) is 24.1. The molecule has 0 N–H and O–H groups in total. The van der Waals surface area contributed by atoms with Gasteiger partial charge in [-0.1, -0.05) is 70.4 Å². The van der Waals surface area contributed by atoms with E-state index in [9.17, 15) is 4.79 Å². The van der Waals surface area contributed by atoms with Gasteiger partial charge in [-0.05, 0) is 78.2 Å². The standard InChI is InChI=1S/C27H58O4Si3/c1-11-12-13-14-17-20-25(29-32(2,3)4)23-24-26(30-33(5,6)7)21-18-15-16-19-22-27(28)31-34(8,9)10/h23-26H,11-22H2,1-10H3/b24-23+/t25-,26-/m0/s1. The van der Waals surface area contributed by atoms with Crippen LogP contribution in [0, 0.1) is 0 Å². The van der Waals surface area contributed by atoms with Crippen molar-refractivity contribution in [1.82, 2.24) is 0 Å². The van der Waals surface area contributed by atoms with Crippen LogP contribution in [0.1, 0.15) is 84.0 Å². The van der Waals surface area contributed by atoms with E-state index in [1.54, 1.807) is 0 Å². The fraction of sp³-hybridized carbons (Fsp3) is 0.889. The zero-order valence-corrected chi connectivity index (χ0v) is 27.4. The summed E-state index contributed by atoms with van der Waals surface area (Å²) in [5, 5.41) is 0. The normalized spacial score (nSPS) is 15.0. The van der Waals surface area contributed by atoms with Gasteiger partial charge in [0.1, 0.15) is 0 Å². The van der Waals surface area contributed by atoms with E-state index in [0.29, 0.717) is 6.42 Å². The van der Waals surface area contributed by atoms with Crippen LogP contribution < -0.4 is 0 Å². The summed E-state index contributed by atoms with van der Waals surface area (Å²) in [5.74, 6) is -0.0230. The summed E-state index contributed by atoms with van der Waals surface area (Å²) in [6.45, 7) is 22.1. The Kier molecular flexibility index (Phi) is 17.2. The molecular formula is C27H58O4Si3. The first-order chi connectivity index (χ1) is 15.6. The van der Waals surface area contributed by atoms with Gasteiger partial charge in [-0.2, -0.15) is 0 Å². The van der Waals surface area contributed by atoms with E-state index >= 15 is 0 Å². The van der Waals surface area contributed by atoms with Crippen molar-refractivity contribution in [2.45, 2.75) is 155 Å². The molecule has 0 aliphatic rings. The largest absolute Gasteiger partial charge is 0.520 e. The molecule has 0 bridgehead atoms. The molecule has 0 spiro atoms. The lowest BCUT2D eigenvalue weighted by Crippen LogP contribution is -2.33. The van der Waals surface area contributed by atoms with Gasteiger partial charge < -0.3 is 13.3 Å². The van der Waals surface area contributed by atoms with E-state index in [1.807, 2.05) is 0 Å². The van der Waals surface area contributed by atoms with Gasteiger partial charge >= 0.3 is 0 Å². The highest BCUT2D eigenvalue weighted by atomic mass is 28.4. The minimum Gasteiger partial charge on any atom is -0.520 e. The van der Waals surface area contributed by atoms with Crippen LogP contribution in [0.15, 0.2) is 12.2 Å². The van der Waals surface area contributed by atoms with E-state index in [4.69, 9.17) is 13.3 Å². The molecule has 0 aliphatic heterocycles. The van der Waals surface area contributed by atoms with Crippen molar-refractivity contribution >= 4 is 30.9 Å². The monoisotopic (exact) mass is 530 g/mol. The van der Waals surface area contributed by atoms with Crippen LogP contribution >= 0.6 is 0 Å². The van der Waals surface area contributed by atoms with Crippen molar-refractivity contribution in [3.05, 3.63) is 12.2 Å². The third kappa shape index (κ3) is 23.5. The highest BCUT2D eigenvalue weighted by molar-refractivity contribution is 6.71. The van der Waals surface area contributed by atoms with E-state index in [2.05, 4.69) is 78.0 Å². The van der Waals surface area contributed by atoms with Crippen LogP contribution in [-0.4, -0.2) is 43.1 Å². The molecule has 34 heavy (non-hydrogen) atoms. The van der Waals surface area contributed by atoms with Crippen molar-refractivity contribution in [2.75, 3.05) is 0 Å². The SMILES string of the molecule is CCCCCCC[C@@H](/C=C/[C@H](CCCCCCC(=O)O[Si](C)(C)C)O[Si](C)(C)C)O[Si](C)(C)C. The Hall–Kier alpha value is -0.219. The molecule has 0 amide bonds. The van der Waals surface area contributed by atoms with Crippen molar-refractivity contribution in [1.29, 1.82) is 0 Å². The van der Waals surface area contributed by atoms with Gasteiger partial charge in [0.25, 0.3) is 5.97 Å². The Bertz CT molecular complexity index is 560. The molecule has 0 aromatic carbocycles. The number of rotatable bonds is 20. The molecule has 0 saturated carbocycles. The number of carbonyl (C=O) groups excluding carboxylic acids is 1. The second-order valence-corrected chi connectivity index (χ2v) is 26.0. The summed E-state index contributed by atoms with van der Waals surface area (Å²) in [6, 6.07) is 0. The first-order valence-electron chi connectivity index (χ1n) is 13.9. The molecular weight excluding hydrogens is 473 g/mol. The topological polar surface area (TPSA) is 44.8 Å². The Morgan fingerprint density at radius 2 is 1.03 bits per heavy atom. The van der Waals surface area contributed by atoms with Crippen LogP contribution in [0.3, 0.4) is 0 Å². The Labute approximate surface area is 216 Å². The molecule has 202 valence electrons.